The lowest BCUT2D eigenvalue weighted by Crippen LogP contribution is -2.29. The molecule has 0 saturated heterocycles. The molecular weight excluding hydrogens is 256 g/mol. The average Bonchev–Trinajstić information content (AvgIpc) is 2.90. The fourth-order valence-corrected chi connectivity index (χ4v) is 1.91. The Morgan fingerprint density at radius 2 is 2.25 bits per heavy atom. The van der Waals surface area contributed by atoms with Crippen LogP contribution in [0.1, 0.15) is 19.2 Å². The number of anilines is 1. The van der Waals surface area contributed by atoms with Crippen LogP contribution < -0.4 is 5.32 Å². The molecule has 0 spiro atoms. The molecule has 0 radical (unpaired) electrons. The Hall–Kier alpha value is -2.37. The number of hydrogen-bond donors (Lipinski definition) is 1. The number of methoxy groups -OCH3 is 1. The Morgan fingerprint density at radius 3 is 2.75 bits per heavy atom. The first-order chi connectivity index (χ1) is 9.65. The summed E-state index contributed by atoms with van der Waals surface area (Å²) in [5, 5.41) is 3.10. The number of nitrogens with zero attached hydrogens (tertiary/aromatic N) is 3. The zero-order valence-corrected chi connectivity index (χ0v) is 11.8. The minimum absolute atomic E-state index is 0.276. The number of rotatable bonds is 5. The molecule has 0 aliphatic heterocycles. The maximum atomic E-state index is 11.5. The van der Waals surface area contributed by atoms with Gasteiger partial charge in [0.25, 0.3) is 0 Å². The van der Waals surface area contributed by atoms with Crippen LogP contribution in [0.5, 0.6) is 0 Å². The van der Waals surface area contributed by atoms with Gasteiger partial charge in [-0.1, -0.05) is 6.92 Å². The molecule has 0 bridgehead atoms. The number of esters is 1. The van der Waals surface area contributed by atoms with Crippen LogP contribution in [0.25, 0.3) is 5.82 Å². The number of imidazole rings is 1. The van der Waals surface area contributed by atoms with Crippen molar-refractivity contribution in [1.29, 1.82) is 0 Å². The number of aromatic nitrogens is 3. The molecule has 2 aromatic heterocycles. The summed E-state index contributed by atoms with van der Waals surface area (Å²) in [4.78, 5) is 20.0. The predicted octanol–water partition coefficient (Wildman–Crippen LogP) is 1.94. The van der Waals surface area contributed by atoms with Gasteiger partial charge in [0.05, 0.1) is 19.0 Å². The van der Waals surface area contributed by atoms with Gasteiger partial charge in [-0.2, -0.15) is 0 Å². The Kier molecular flexibility index (Phi) is 4.34. The highest BCUT2D eigenvalue weighted by Gasteiger charge is 2.16. The molecule has 106 valence electrons. The lowest BCUT2D eigenvalue weighted by Gasteiger charge is -2.15. The van der Waals surface area contributed by atoms with E-state index in [9.17, 15) is 4.79 Å². The van der Waals surface area contributed by atoms with E-state index in [1.807, 2.05) is 36.7 Å². The smallest absolute Gasteiger partial charge is 0.328 e. The first kappa shape index (κ1) is 14.0. The van der Waals surface area contributed by atoms with Gasteiger partial charge in [0.1, 0.15) is 17.7 Å². The maximum Gasteiger partial charge on any atom is 0.328 e. The molecule has 0 aliphatic carbocycles. The van der Waals surface area contributed by atoms with Crippen molar-refractivity contribution in [2.75, 3.05) is 12.4 Å². The van der Waals surface area contributed by atoms with Crippen LogP contribution in [0.3, 0.4) is 0 Å². The second-order valence-electron chi connectivity index (χ2n) is 4.38. The summed E-state index contributed by atoms with van der Waals surface area (Å²) in [6.45, 7) is 3.84. The van der Waals surface area contributed by atoms with Crippen LogP contribution in [0, 0.1) is 6.92 Å². The molecule has 6 nitrogen and oxygen atoms in total. The lowest BCUT2D eigenvalue weighted by atomic mass is 10.2. The van der Waals surface area contributed by atoms with Crippen molar-refractivity contribution in [3.8, 4) is 5.82 Å². The molecule has 1 N–H and O–H groups in total. The minimum atomic E-state index is -0.359. The van der Waals surface area contributed by atoms with Crippen molar-refractivity contribution in [2.45, 2.75) is 26.3 Å². The topological polar surface area (TPSA) is 69.0 Å². The number of carbonyl (C=O) groups is 1. The Balaban J connectivity index is 2.12. The normalized spacial score (nSPS) is 11.9. The Bertz CT molecular complexity index is 577. The zero-order valence-electron chi connectivity index (χ0n) is 11.8. The summed E-state index contributed by atoms with van der Waals surface area (Å²) in [6, 6.07) is 3.40. The van der Waals surface area contributed by atoms with Gasteiger partial charge in [-0.15, -0.1) is 0 Å². The summed E-state index contributed by atoms with van der Waals surface area (Å²) in [5.41, 5.74) is 0.781. The van der Waals surface area contributed by atoms with Gasteiger partial charge in [0.15, 0.2) is 0 Å². The van der Waals surface area contributed by atoms with E-state index in [4.69, 9.17) is 4.74 Å². The summed E-state index contributed by atoms with van der Waals surface area (Å²) >= 11 is 0. The molecule has 0 aromatic carbocycles. The van der Waals surface area contributed by atoms with Crippen LogP contribution in [0.2, 0.25) is 0 Å². The number of hydrogen-bond acceptors (Lipinski definition) is 5. The third kappa shape index (κ3) is 2.96. The van der Waals surface area contributed by atoms with Gasteiger partial charge in [-0.25, -0.2) is 14.8 Å². The molecule has 0 aliphatic rings. The highest BCUT2D eigenvalue weighted by atomic mass is 16.5. The van der Waals surface area contributed by atoms with Gasteiger partial charge in [-0.05, 0) is 25.5 Å². The summed E-state index contributed by atoms with van der Waals surface area (Å²) < 4.78 is 6.63. The van der Waals surface area contributed by atoms with E-state index in [0.717, 1.165) is 17.3 Å². The number of pyridine rings is 1. The van der Waals surface area contributed by atoms with E-state index in [-0.39, 0.29) is 12.0 Å². The molecule has 2 heterocycles. The maximum absolute atomic E-state index is 11.5. The highest BCUT2D eigenvalue weighted by molar-refractivity contribution is 5.79. The summed E-state index contributed by atoms with van der Waals surface area (Å²) in [5.74, 6) is 1.39. The molecule has 1 atom stereocenters. The third-order valence-corrected chi connectivity index (χ3v) is 3.06. The Labute approximate surface area is 117 Å². The summed E-state index contributed by atoms with van der Waals surface area (Å²) in [7, 11) is 1.38. The second kappa shape index (κ2) is 6.18. The second-order valence-corrected chi connectivity index (χ2v) is 4.38. The molecule has 20 heavy (non-hydrogen) atoms. The number of carbonyl (C=O) groups excluding carboxylic acids is 1. The van der Waals surface area contributed by atoms with Gasteiger partial charge >= 0.3 is 5.97 Å². The lowest BCUT2D eigenvalue weighted by molar-refractivity contribution is -0.141. The van der Waals surface area contributed by atoms with Crippen molar-refractivity contribution in [3.63, 3.8) is 0 Å². The Morgan fingerprint density at radius 1 is 1.45 bits per heavy atom. The van der Waals surface area contributed by atoms with Crippen LogP contribution in [-0.2, 0) is 9.53 Å². The van der Waals surface area contributed by atoms with Crippen molar-refractivity contribution >= 4 is 11.7 Å². The molecule has 0 saturated carbocycles. The largest absolute Gasteiger partial charge is 0.467 e. The fourth-order valence-electron chi connectivity index (χ4n) is 1.91. The first-order valence-corrected chi connectivity index (χ1v) is 6.46. The fraction of sp³-hybridized carbons (Fsp3) is 0.357. The van der Waals surface area contributed by atoms with Crippen LogP contribution in [0.15, 0.2) is 30.7 Å². The quantitative estimate of drug-likeness (QED) is 0.844. The first-order valence-electron chi connectivity index (χ1n) is 6.46. The number of ether oxygens (including phenoxy) is 1. The summed E-state index contributed by atoms with van der Waals surface area (Å²) in [6.07, 6.45) is 5.93. The molecule has 0 amide bonds. The standard InChI is InChI=1S/C14H18N4O2/c1-4-12(14(19)20-3)17-11-5-6-13(16-9-11)18-8-7-15-10(18)2/h5-9,12,17H,4H2,1-3H3. The molecule has 2 aromatic rings. The van der Waals surface area contributed by atoms with Crippen LogP contribution in [0.4, 0.5) is 5.69 Å². The monoisotopic (exact) mass is 274 g/mol. The number of nitrogens with one attached hydrogen (secondary N) is 1. The third-order valence-electron chi connectivity index (χ3n) is 3.06. The van der Waals surface area contributed by atoms with E-state index < -0.39 is 0 Å². The number of aryl methyl sites for hydroxylation is 1. The van der Waals surface area contributed by atoms with Gasteiger partial charge in [-0.3, -0.25) is 4.57 Å². The van der Waals surface area contributed by atoms with Crippen LogP contribution >= 0.6 is 0 Å². The van der Waals surface area contributed by atoms with E-state index in [2.05, 4.69) is 15.3 Å². The predicted molar refractivity (Wildman–Crippen MR) is 75.8 cm³/mol. The zero-order chi connectivity index (χ0) is 14.5. The molecule has 1 unspecified atom stereocenters. The molecular formula is C14H18N4O2. The molecule has 2 rings (SSSR count). The van der Waals surface area contributed by atoms with E-state index in [1.165, 1.54) is 7.11 Å². The van der Waals surface area contributed by atoms with E-state index in [0.29, 0.717) is 6.42 Å². The average molecular weight is 274 g/mol. The van der Waals surface area contributed by atoms with Gasteiger partial charge in [0.2, 0.25) is 0 Å². The molecule has 0 fully saturated rings. The van der Waals surface area contributed by atoms with Crippen molar-refractivity contribution in [2.24, 2.45) is 0 Å². The van der Waals surface area contributed by atoms with Gasteiger partial charge in [0, 0.05) is 12.4 Å². The van der Waals surface area contributed by atoms with Gasteiger partial charge < -0.3 is 10.1 Å². The van der Waals surface area contributed by atoms with Crippen LogP contribution in [-0.4, -0.2) is 33.7 Å². The highest BCUT2D eigenvalue weighted by Crippen LogP contribution is 2.13. The van der Waals surface area contributed by atoms with Crippen molar-refractivity contribution in [1.82, 2.24) is 14.5 Å². The van der Waals surface area contributed by atoms with E-state index in [1.54, 1.807) is 12.4 Å². The SMILES string of the molecule is CCC(Nc1ccc(-n2ccnc2C)nc1)C(=O)OC. The molecule has 6 heteroatoms. The van der Waals surface area contributed by atoms with Crippen molar-refractivity contribution in [3.05, 3.63) is 36.5 Å². The van der Waals surface area contributed by atoms with E-state index >= 15 is 0 Å². The van der Waals surface area contributed by atoms with Crippen molar-refractivity contribution < 1.29 is 9.53 Å². The minimum Gasteiger partial charge on any atom is -0.467 e.